The van der Waals surface area contributed by atoms with Gasteiger partial charge in [-0.2, -0.15) is 5.26 Å². The van der Waals surface area contributed by atoms with Gasteiger partial charge in [0.25, 0.3) is 0 Å². The second-order valence-corrected chi connectivity index (χ2v) is 3.58. The Morgan fingerprint density at radius 2 is 2.27 bits per heavy atom. The van der Waals surface area contributed by atoms with Crippen LogP contribution < -0.4 is 10.5 Å². The highest BCUT2D eigenvalue weighted by Crippen LogP contribution is 2.20. The van der Waals surface area contributed by atoms with Crippen molar-refractivity contribution in [3.8, 4) is 11.8 Å². The monoisotopic (exact) mass is 204 g/mol. The third-order valence-electron chi connectivity index (χ3n) is 2.18. The standard InChI is InChI=1S/C12H16N2O/c1-3-4-9(2)15-11-5-6-12(14)10(7-11)8-13/h5-7,9H,3-4,14H2,1-2H3. The second kappa shape index (κ2) is 5.26. The Balaban J connectivity index is 2.75. The van der Waals surface area contributed by atoms with Gasteiger partial charge in [-0.1, -0.05) is 13.3 Å². The molecule has 1 atom stereocenters. The zero-order valence-corrected chi connectivity index (χ0v) is 9.16. The van der Waals surface area contributed by atoms with Crippen molar-refractivity contribution < 1.29 is 4.74 Å². The molecule has 0 aromatic heterocycles. The molecular weight excluding hydrogens is 188 g/mol. The van der Waals surface area contributed by atoms with Crippen LogP contribution in [-0.4, -0.2) is 6.10 Å². The Morgan fingerprint density at radius 1 is 1.53 bits per heavy atom. The van der Waals surface area contributed by atoms with E-state index in [-0.39, 0.29) is 6.10 Å². The Morgan fingerprint density at radius 3 is 2.87 bits per heavy atom. The number of nitrogens with two attached hydrogens (primary N) is 1. The van der Waals surface area contributed by atoms with Crippen LogP contribution in [0.2, 0.25) is 0 Å². The van der Waals surface area contributed by atoms with E-state index in [4.69, 9.17) is 15.7 Å². The molecule has 0 radical (unpaired) electrons. The summed E-state index contributed by atoms with van der Waals surface area (Å²) in [5, 5.41) is 8.79. The van der Waals surface area contributed by atoms with Crippen molar-refractivity contribution in [1.82, 2.24) is 0 Å². The van der Waals surface area contributed by atoms with Crippen LogP contribution in [0.4, 0.5) is 5.69 Å². The van der Waals surface area contributed by atoms with E-state index in [0.717, 1.165) is 12.8 Å². The number of hydrogen-bond donors (Lipinski definition) is 1. The number of benzene rings is 1. The number of nitriles is 1. The summed E-state index contributed by atoms with van der Waals surface area (Å²) < 4.78 is 5.65. The summed E-state index contributed by atoms with van der Waals surface area (Å²) >= 11 is 0. The quantitative estimate of drug-likeness (QED) is 0.767. The average Bonchev–Trinajstić information content (AvgIpc) is 2.21. The molecule has 1 aromatic rings. The van der Waals surface area contributed by atoms with Crippen molar-refractivity contribution in [3.05, 3.63) is 23.8 Å². The highest BCUT2D eigenvalue weighted by molar-refractivity contribution is 5.56. The molecule has 0 spiro atoms. The summed E-state index contributed by atoms with van der Waals surface area (Å²) in [5.74, 6) is 0.710. The molecule has 0 aliphatic carbocycles. The van der Waals surface area contributed by atoms with Gasteiger partial charge in [0.15, 0.2) is 0 Å². The van der Waals surface area contributed by atoms with Crippen LogP contribution in [0.25, 0.3) is 0 Å². The van der Waals surface area contributed by atoms with Crippen molar-refractivity contribution in [2.45, 2.75) is 32.8 Å². The molecule has 1 unspecified atom stereocenters. The maximum atomic E-state index is 8.79. The normalized spacial score (nSPS) is 11.8. The molecule has 3 heteroatoms. The Bertz CT molecular complexity index is 368. The van der Waals surface area contributed by atoms with E-state index in [2.05, 4.69) is 6.92 Å². The Hall–Kier alpha value is -1.69. The van der Waals surface area contributed by atoms with Crippen LogP contribution in [0.5, 0.6) is 5.75 Å². The minimum atomic E-state index is 0.171. The molecule has 3 nitrogen and oxygen atoms in total. The lowest BCUT2D eigenvalue weighted by Crippen LogP contribution is -2.11. The predicted octanol–water partition coefficient (Wildman–Crippen LogP) is 2.71. The van der Waals surface area contributed by atoms with Gasteiger partial charge in [0, 0.05) is 5.69 Å². The van der Waals surface area contributed by atoms with E-state index >= 15 is 0 Å². The summed E-state index contributed by atoms with van der Waals surface area (Å²) in [6.07, 6.45) is 2.26. The fraction of sp³-hybridized carbons (Fsp3) is 0.417. The van der Waals surface area contributed by atoms with E-state index in [0.29, 0.717) is 17.0 Å². The molecular formula is C12H16N2O. The molecule has 15 heavy (non-hydrogen) atoms. The number of hydrogen-bond acceptors (Lipinski definition) is 3. The van der Waals surface area contributed by atoms with Crippen molar-refractivity contribution >= 4 is 5.69 Å². The molecule has 0 fully saturated rings. The Kier molecular flexibility index (Phi) is 3.99. The van der Waals surface area contributed by atoms with Crippen molar-refractivity contribution in [3.63, 3.8) is 0 Å². The first-order valence-electron chi connectivity index (χ1n) is 5.13. The molecule has 1 rings (SSSR count). The van der Waals surface area contributed by atoms with E-state index in [1.54, 1.807) is 18.2 Å². The first-order chi connectivity index (χ1) is 7.17. The lowest BCUT2D eigenvalue weighted by atomic mass is 10.2. The SMILES string of the molecule is CCCC(C)Oc1ccc(N)c(C#N)c1. The van der Waals surface area contributed by atoms with E-state index in [1.165, 1.54) is 0 Å². The van der Waals surface area contributed by atoms with Crippen molar-refractivity contribution in [2.75, 3.05) is 5.73 Å². The highest BCUT2D eigenvalue weighted by Gasteiger charge is 2.05. The molecule has 0 aliphatic rings. The van der Waals surface area contributed by atoms with Crippen LogP contribution >= 0.6 is 0 Å². The van der Waals surface area contributed by atoms with Crippen LogP contribution in [-0.2, 0) is 0 Å². The van der Waals surface area contributed by atoms with Crippen molar-refractivity contribution in [2.24, 2.45) is 0 Å². The van der Waals surface area contributed by atoms with Gasteiger partial charge in [-0.3, -0.25) is 0 Å². The zero-order valence-electron chi connectivity index (χ0n) is 9.16. The van der Waals surface area contributed by atoms with Crippen molar-refractivity contribution in [1.29, 1.82) is 5.26 Å². The average molecular weight is 204 g/mol. The second-order valence-electron chi connectivity index (χ2n) is 3.58. The summed E-state index contributed by atoms with van der Waals surface area (Å²) in [6, 6.07) is 7.21. The first kappa shape index (κ1) is 11.4. The molecule has 2 N–H and O–H groups in total. The number of anilines is 1. The molecule has 0 saturated heterocycles. The van der Waals surface area contributed by atoms with Crippen LogP contribution in [0.1, 0.15) is 32.3 Å². The summed E-state index contributed by atoms with van der Waals surface area (Å²) in [4.78, 5) is 0. The largest absolute Gasteiger partial charge is 0.491 e. The van der Waals surface area contributed by atoms with Crippen LogP contribution in [0.15, 0.2) is 18.2 Å². The first-order valence-corrected chi connectivity index (χ1v) is 5.13. The van der Waals surface area contributed by atoms with E-state index < -0.39 is 0 Å². The van der Waals surface area contributed by atoms with Gasteiger partial charge in [0.05, 0.1) is 11.7 Å². The van der Waals surface area contributed by atoms with Gasteiger partial charge >= 0.3 is 0 Å². The maximum absolute atomic E-state index is 8.79. The van der Waals surface area contributed by atoms with Gasteiger partial charge in [-0.05, 0) is 31.5 Å². The summed E-state index contributed by atoms with van der Waals surface area (Å²) in [6.45, 7) is 4.13. The molecule has 0 saturated carbocycles. The molecule has 0 aliphatic heterocycles. The topological polar surface area (TPSA) is 59.0 Å². The fourth-order valence-corrected chi connectivity index (χ4v) is 1.40. The minimum absolute atomic E-state index is 0.171. The molecule has 80 valence electrons. The zero-order chi connectivity index (χ0) is 11.3. The van der Waals surface area contributed by atoms with E-state index in [1.807, 2.05) is 13.0 Å². The predicted molar refractivity (Wildman–Crippen MR) is 60.6 cm³/mol. The number of ether oxygens (including phenoxy) is 1. The molecule has 0 amide bonds. The third kappa shape index (κ3) is 3.17. The van der Waals surface area contributed by atoms with Gasteiger partial charge in [0.2, 0.25) is 0 Å². The fourth-order valence-electron chi connectivity index (χ4n) is 1.40. The van der Waals surface area contributed by atoms with Crippen LogP contribution in [0, 0.1) is 11.3 Å². The summed E-state index contributed by atoms with van der Waals surface area (Å²) in [5.41, 5.74) is 6.57. The number of nitrogen functional groups attached to an aromatic ring is 1. The molecule has 0 heterocycles. The maximum Gasteiger partial charge on any atom is 0.121 e. The smallest absolute Gasteiger partial charge is 0.121 e. The minimum Gasteiger partial charge on any atom is -0.491 e. The van der Waals surface area contributed by atoms with Gasteiger partial charge in [-0.15, -0.1) is 0 Å². The Labute approximate surface area is 90.5 Å². The highest BCUT2D eigenvalue weighted by atomic mass is 16.5. The molecule has 0 bridgehead atoms. The van der Waals surface area contributed by atoms with Crippen LogP contribution in [0.3, 0.4) is 0 Å². The molecule has 1 aromatic carbocycles. The van der Waals surface area contributed by atoms with Gasteiger partial charge in [0.1, 0.15) is 11.8 Å². The number of nitrogens with zero attached hydrogens (tertiary/aromatic N) is 1. The lowest BCUT2D eigenvalue weighted by molar-refractivity contribution is 0.210. The van der Waals surface area contributed by atoms with Gasteiger partial charge < -0.3 is 10.5 Å². The lowest BCUT2D eigenvalue weighted by Gasteiger charge is -2.14. The van der Waals surface area contributed by atoms with Gasteiger partial charge in [-0.25, -0.2) is 0 Å². The third-order valence-corrected chi connectivity index (χ3v) is 2.18. The van der Waals surface area contributed by atoms with E-state index in [9.17, 15) is 0 Å². The number of rotatable bonds is 4. The summed E-state index contributed by atoms with van der Waals surface area (Å²) in [7, 11) is 0.